The van der Waals surface area contributed by atoms with Gasteiger partial charge in [0.15, 0.2) is 41.5 Å². The maximum Gasteiger partial charge on any atom is 0.330 e. The Balaban J connectivity index is 1.22. The van der Waals surface area contributed by atoms with E-state index in [0.29, 0.717) is 5.56 Å². The van der Waals surface area contributed by atoms with Gasteiger partial charge in [-0.2, -0.15) is 0 Å². The minimum absolute atomic E-state index is 0.0481. The number of benzene rings is 3. The van der Waals surface area contributed by atoms with E-state index in [2.05, 4.69) is 0 Å². The van der Waals surface area contributed by atoms with Gasteiger partial charge in [-0.05, 0) is 42.0 Å². The van der Waals surface area contributed by atoms with Crippen LogP contribution in [0.4, 0.5) is 0 Å². The van der Waals surface area contributed by atoms with Crippen LogP contribution in [0.2, 0.25) is 0 Å². The lowest BCUT2D eigenvalue weighted by Crippen LogP contribution is -2.63. The van der Waals surface area contributed by atoms with Gasteiger partial charge in [0.05, 0.1) is 19.3 Å². The van der Waals surface area contributed by atoms with E-state index < -0.39 is 154 Å². The van der Waals surface area contributed by atoms with Crippen LogP contribution in [0.3, 0.4) is 0 Å². The molecular weight excluding hydrogens is 956 g/mol. The van der Waals surface area contributed by atoms with Crippen LogP contribution < -0.4 is 14.2 Å². The third-order valence-corrected chi connectivity index (χ3v) is 11.4. The number of methoxy groups -OCH3 is 1. The van der Waals surface area contributed by atoms with Gasteiger partial charge in [-0.25, -0.2) is 4.79 Å². The van der Waals surface area contributed by atoms with Gasteiger partial charge in [0.2, 0.25) is 12.6 Å². The molecule has 15 atom stereocenters. The fraction of sp³-hybridized carbons (Fsp3) is 0.444. The zero-order valence-electron chi connectivity index (χ0n) is 37.0. The zero-order chi connectivity index (χ0) is 51.4. The lowest BCUT2D eigenvalue weighted by molar-refractivity contribution is -0.352. The molecule has 0 aromatic heterocycles. The second-order valence-corrected chi connectivity index (χ2v) is 16.4. The third kappa shape index (κ3) is 12.0. The first-order valence-electron chi connectivity index (χ1n) is 21.4. The van der Waals surface area contributed by atoms with E-state index in [-0.39, 0.29) is 39.9 Å². The summed E-state index contributed by atoms with van der Waals surface area (Å²) >= 11 is 0. The van der Waals surface area contributed by atoms with E-state index in [0.717, 1.165) is 30.3 Å². The van der Waals surface area contributed by atoms with Gasteiger partial charge in [0, 0.05) is 23.8 Å². The molecule has 7 rings (SSSR count). The fourth-order valence-electron chi connectivity index (χ4n) is 7.63. The van der Waals surface area contributed by atoms with Crippen molar-refractivity contribution in [1.82, 2.24) is 0 Å². The largest absolute Gasteiger partial charge is 0.508 e. The zero-order valence-corrected chi connectivity index (χ0v) is 37.0. The molecule has 15 unspecified atom stereocenters. The molecule has 13 N–H and O–H groups in total. The number of aliphatic hydroxyl groups excluding tert-OH is 8. The Morgan fingerprint density at radius 3 is 2.07 bits per heavy atom. The molecule has 386 valence electrons. The number of phenols is 4. The normalized spacial score (nSPS) is 31.6. The number of aliphatic carboxylic acids is 1. The molecule has 3 aromatic carbocycles. The molecule has 0 radical (unpaired) electrons. The highest BCUT2D eigenvalue weighted by molar-refractivity contribution is 5.90. The first-order valence-corrected chi connectivity index (χ1v) is 21.4. The number of phenolic OH excluding ortho intramolecular Hbond substituents is 4. The summed E-state index contributed by atoms with van der Waals surface area (Å²) in [7, 11) is 1.33. The maximum absolute atomic E-state index is 12.9. The summed E-state index contributed by atoms with van der Waals surface area (Å²) in [5.41, 5.74) is 0.342. The molecule has 0 aliphatic carbocycles. The molecule has 0 saturated carbocycles. The van der Waals surface area contributed by atoms with E-state index in [4.69, 9.17) is 52.5 Å². The van der Waals surface area contributed by atoms with Crippen LogP contribution >= 0.6 is 0 Å². The highest BCUT2D eigenvalue weighted by atomic mass is 16.8. The molecule has 3 aromatic rings. The highest BCUT2D eigenvalue weighted by Gasteiger charge is 2.52. The van der Waals surface area contributed by atoms with Gasteiger partial charge in [-0.1, -0.05) is 12.1 Å². The second-order valence-electron chi connectivity index (χ2n) is 16.4. The molecule has 4 aliphatic heterocycles. The predicted molar refractivity (Wildman–Crippen MR) is 229 cm³/mol. The number of ether oxygens (including phenoxy) is 10. The number of carboxylic acid groups (broad SMARTS) is 1. The van der Waals surface area contributed by atoms with E-state index >= 15 is 0 Å². The Kier molecular flexibility index (Phi) is 16.4. The van der Waals surface area contributed by atoms with Crippen LogP contribution in [0.15, 0.2) is 60.4 Å². The summed E-state index contributed by atoms with van der Waals surface area (Å²) in [5.74, 6) is -6.37. The SMILES string of the molecule is COc1cc(C=CC(=O)OCC2OC(OC3=Cc4c(cc(O)cc4OC4OC(COC(=O)CC(=O)O)C(O)C(O)C4O)OC3c3ccc(O)c(O)c3)C(OC3OCC(O)C(O)C3O)C(O)C2O)ccc1O. The van der Waals surface area contributed by atoms with E-state index in [1.54, 1.807) is 0 Å². The summed E-state index contributed by atoms with van der Waals surface area (Å²) in [6, 6.07) is 9.79. The first kappa shape index (κ1) is 52.3. The molecule has 0 bridgehead atoms. The van der Waals surface area contributed by atoms with E-state index in [9.17, 15) is 75.7 Å². The Morgan fingerprint density at radius 2 is 1.37 bits per heavy atom. The number of aromatic hydroxyl groups is 4. The Bertz CT molecular complexity index is 2460. The van der Waals surface area contributed by atoms with Gasteiger partial charge in [-0.3, -0.25) is 9.59 Å². The molecule has 4 heterocycles. The summed E-state index contributed by atoms with van der Waals surface area (Å²) < 4.78 is 56.8. The number of carbonyl (C=O) groups excluding carboxylic acids is 2. The summed E-state index contributed by atoms with van der Waals surface area (Å²) in [6.07, 6.45) is -25.0. The summed E-state index contributed by atoms with van der Waals surface area (Å²) in [5, 5.41) is 137. The van der Waals surface area contributed by atoms with Crippen molar-refractivity contribution in [3.8, 4) is 40.2 Å². The van der Waals surface area contributed by atoms with Crippen LogP contribution in [-0.2, 0) is 47.5 Å². The number of hydrogen-bond acceptors (Lipinski definition) is 25. The van der Waals surface area contributed by atoms with E-state index in [1.165, 1.54) is 43.5 Å². The molecule has 3 saturated heterocycles. The summed E-state index contributed by atoms with van der Waals surface area (Å²) in [6.45, 7) is -2.13. The number of rotatable bonds is 16. The van der Waals surface area contributed by atoms with Gasteiger partial charge >= 0.3 is 17.9 Å². The van der Waals surface area contributed by atoms with Gasteiger partial charge in [-0.15, -0.1) is 0 Å². The van der Waals surface area contributed by atoms with Crippen LogP contribution in [0.25, 0.3) is 12.2 Å². The number of fused-ring (bicyclic) bond motifs is 1. The second kappa shape index (κ2) is 22.3. The lowest BCUT2D eigenvalue weighted by atomic mass is 9.97. The Morgan fingerprint density at radius 1 is 0.690 bits per heavy atom. The van der Waals surface area contributed by atoms with E-state index in [1.807, 2.05) is 0 Å². The minimum Gasteiger partial charge on any atom is -0.508 e. The molecular formula is C45H50O26. The maximum atomic E-state index is 12.9. The fourth-order valence-corrected chi connectivity index (χ4v) is 7.63. The third-order valence-electron chi connectivity index (χ3n) is 11.4. The Hall–Kier alpha value is -6.53. The van der Waals surface area contributed by atoms with Gasteiger partial charge in [0.25, 0.3) is 0 Å². The predicted octanol–water partition coefficient (Wildman–Crippen LogP) is -2.26. The van der Waals surface area contributed by atoms with Crippen LogP contribution in [0.5, 0.6) is 40.2 Å². The van der Waals surface area contributed by atoms with Crippen molar-refractivity contribution < 1.29 is 128 Å². The number of aliphatic hydroxyl groups is 8. The number of carbonyl (C=O) groups is 3. The summed E-state index contributed by atoms with van der Waals surface area (Å²) in [4.78, 5) is 35.8. The molecule has 0 spiro atoms. The molecule has 71 heavy (non-hydrogen) atoms. The van der Waals surface area contributed by atoms with Crippen molar-refractivity contribution in [3.05, 3.63) is 77.1 Å². The highest BCUT2D eigenvalue weighted by Crippen LogP contribution is 2.47. The molecule has 26 nitrogen and oxygen atoms in total. The van der Waals surface area contributed by atoms with Crippen molar-refractivity contribution in [2.75, 3.05) is 26.9 Å². The Labute approximate surface area is 400 Å². The standard InChI is InChI=1S/C45H50O26/c1-62-27-8-17(2-5-22(27)48)3-7-32(53)63-15-30-36(57)38(59)42(71-43-39(60)34(55)24(50)14-65-43)45(70-30)68-28-12-20-25(66-41(28)18-4-6-21(47)23(49)9-18)10-19(46)11-26(20)67-44-40(61)37(58)35(56)29(69-44)16-64-33(54)13-31(51)52/h2-12,24,29-30,34-50,55-61H,13-16H2,1H3,(H,51,52). The van der Waals surface area contributed by atoms with Crippen molar-refractivity contribution in [2.24, 2.45) is 0 Å². The van der Waals surface area contributed by atoms with Crippen molar-refractivity contribution >= 4 is 30.1 Å². The topological polar surface area (TPSA) is 407 Å². The molecule has 3 fully saturated rings. The lowest BCUT2D eigenvalue weighted by Gasteiger charge is -2.45. The first-order chi connectivity index (χ1) is 33.7. The minimum atomic E-state index is -2.05. The van der Waals surface area contributed by atoms with Crippen molar-refractivity contribution in [2.45, 2.75) is 98.5 Å². The molecule has 0 amide bonds. The monoisotopic (exact) mass is 1010 g/mol. The number of esters is 2. The van der Waals surface area contributed by atoms with Crippen LogP contribution in [0, 0.1) is 0 Å². The molecule has 26 heteroatoms. The number of carboxylic acids is 1. The van der Waals surface area contributed by atoms with Crippen LogP contribution in [-0.4, -0.2) is 197 Å². The smallest absolute Gasteiger partial charge is 0.330 e. The number of hydrogen-bond donors (Lipinski definition) is 13. The van der Waals surface area contributed by atoms with Gasteiger partial charge < -0.3 is 114 Å². The average molecular weight is 1010 g/mol. The van der Waals surface area contributed by atoms with Crippen molar-refractivity contribution in [1.29, 1.82) is 0 Å². The van der Waals surface area contributed by atoms with Gasteiger partial charge in [0.1, 0.15) is 104 Å². The van der Waals surface area contributed by atoms with Crippen LogP contribution in [0.1, 0.15) is 29.2 Å². The quantitative estimate of drug-likeness (QED) is 0.0312. The average Bonchev–Trinajstić information content (AvgIpc) is 3.33. The van der Waals surface area contributed by atoms with Crippen molar-refractivity contribution in [3.63, 3.8) is 0 Å². The molecule has 4 aliphatic rings.